The molecule has 0 aromatic heterocycles. The van der Waals surface area contributed by atoms with Crippen LogP contribution in [0.1, 0.15) is 32.6 Å². The quantitative estimate of drug-likeness (QED) is 0.684. The van der Waals surface area contributed by atoms with Gasteiger partial charge in [0.05, 0.1) is 0 Å². The Kier molecular flexibility index (Phi) is 5.41. The topological polar surface area (TPSA) is 98.9 Å². The summed E-state index contributed by atoms with van der Waals surface area (Å²) in [7, 11) is 0. The molecule has 2 rings (SSSR count). The van der Waals surface area contributed by atoms with E-state index in [1.165, 1.54) is 0 Å². The third kappa shape index (κ3) is 4.07. The number of carbonyl (C=O) groups excluding carboxylic acids is 1. The van der Waals surface area contributed by atoms with Crippen LogP contribution in [-0.4, -0.2) is 71.2 Å². The Morgan fingerprint density at radius 3 is 2.38 bits per heavy atom. The minimum atomic E-state index is -0.818. The number of hydrogen-bond donors (Lipinski definition) is 3. The summed E-state index contributed by atoms with van der Waals surface area (Å²) in [5.74, 6) is -0.818. The molecule has 7 heteroatoms. The summed E-state index contributed by atoms with van der Waals surface area (Å²) < 4.78 is 0. The minimum absolute atomic E-state index is 0.0519. The summed E-state index contributed by atoms with van der Waals surface area (Å²) >= 11 is 0. The van der Waals surface area contributed by atoms with Gasteiger partial charge in [-0.1, -0.05) is 12.8 Å². The summed E-state index contributed by atoms with van der Waals surface area (Å²) in [5.41, 5.74) is 6.05. The van der Waals surface area contributed by atoms with Crippen LogP contribution in [0.3, 0.4) is 0 Å². The van der Waals surface area contributed by atoms with E-state index in [1.807, 2.05) is 4.90 Å². The maximum absolute atomic E-state index is 12.2. The molecule has 1 saturated carbocycles. The van der Waals surface area contributed by atoms with E-state index < -0.39 is 12.0 Å². The van der Waals surface area contributed by atoms with Crippen LogP contribution in [0.4, 0.5) is 4.79 Å². The van der Waals surface area contributed by atoms with E-state index in [0.29, 0.717) is 26.2 Å². The second kappa shape index (κ2) is 7.09. The highest BCUT2D eigenvalue weighted by atomic mass is 16.4. The van der Waals surface area contributed by atoms with Crippen molar-refractivity contribution < 1.29 is 14.7 Å². The van der Waals surface area contributed by atoms with E-state index in [1.54, 1.807) is 11.8 Å². The first-order valence-corrected chi connectivity index (χ1v) is 7.77. The summed E-state index contributed by atoms with van der Waals surface area (Å²) in [6.07, 6.45) is 4.17. The SMILES string of the molecule is CC(C(=O)O)N1CCN(C(=O)NC2CCCCC2N)CC1. The Morgan fingerprint density at radius 1 is 1.19 bits per heavy atom. The van der Waals surface area contributed by atoms with Crippen molar-refractivity contribution in [2.75, 3.05) is 26.2 Å². The number of amides is 2. The fourth-order valence-corrected chi connectivity index (χ4v) is 3.06. The Morgan fingerprint density at radius 2 is 1.81 bits per heavy atom. The molecule has 2 amide bonds. The van der Waals surface area contributed by atoms with Gasteiger partial charge in [0.15, 0.2) is 0 Å². The molecule has 120 valence electrons. The van der Waals surface area contributed by atoms with Gasteiger partial charge in [-0.25, -0.2) is 4.79 Å². The zero-order valence-electron chi connectivity index (χ0n) is 12.6. The lowest BCUT2D eigenvalue weighted by Crippen LogP contribution is -2.58. The minimum Gasteiger partial charge on any atom is -0.480 e. The number of nitrogens with two attached hydrogens (primary N) is 1. The van der Waals surface area contributed by atoms with Crippen LogP contribution in [0.25, 0.3) is 0 Å². The van der Waals surface area contributed by atoms with Crippen molar-refractivity contribution in [2.24, 2.45) is 5.73 Å². The third-order valence-electron chi connectivity index (χ3n) is 4.63. The number of piperazine rings is 1. The number of nitrogens with zero attached hydrogens (tertiary/aromatic N) is 2. The monoisotopic (exact) mass is 298 g/mol. The van der Waals surface area contributed by atoms with Gasteiger partial charge >= 0.3 is 12.0 Å². The first-order chi connectivity index (χ1) is 9.99. The molecule has 2 fully saturated rings. The van der Waals surface area contributed by atoms with Crippen LogP contribution in [0.2, 0.25) is 0 Å². The maximum Gasteiger partial charge on any atom is 0.320 e. The van der Waals surface area contributed by atoms with Gasteiger partial charge in [0.25, 0.3) is 0 Å². The molecule has 0 radical (unpaired) electrons. The highest BCUT2D eigenvalue weighted by molar-refractivity contribution is 5.75. The Hall–Kier alpha value is -1.34. The number of rotatable bonds is 3. The molecule has 4 N–H and O–H groups in total. The van der Waals surface area contributed by atoms with E-state index in [2.05, 4.69) is 5.32 Å². The van der Waals surface area contributed by atoms with Gasteiger partial charge in [-0.05, 0) is 19.8 Å². The van der Waals surface area contributed by atoms with Crippen LogP contribution < -0.4 is 11.1 Å². The predicted octanol–water partition coefficient (Wildman–Crippen LogP) is 0.0566. The summed E-state index contributed by atoms with van der Waals surface area (Å²) in [6.45, 7) is 3.99. The number of carboxylic acid groups (broad SMARTS) is 1. The van der Waals surface area contributed by atoms with Gasteiger partial charge in [-0.3, -0.25) is 9.69 Å². The fourth-order valence-electron chi connectivity index (χ4n) is 3.06. The summed E-state index contributed by atoms with van der Waals surface area (Å²) in [4.78, 5) is 26.9. The molecule has 1 saturated heterocycles. The van der Waals surface area contributed by atoms with E-state index in [4.69, 9.17) is 10.8 Å². The Balaban J connectivity index is 1.79. The van der Waals surface area contributed by atoms with Gasteiger partial charge in [0.2, 0.25) is 0 Å². The maximum atomic E-state index is 12.2. The second-order valence-corrected chi connectivity index (χ2v) is 6.04. The van der Waals surface area contributed by atoms with Crippen LogP contribution >= 0.6 is 0 Å². The molecule has 3 unspecified atom stereocenters. The van der Waals surface area contributed by atoms with Gasteiger partial charge in [-0.15, -0.1) is 0 Å². The number of urea groups is 1. The predicted molar refractivity (Wildman–Crippen MR) is 79.0 cm³/mol. The smallest absolute Gasteiger partial charge is 0.320 e. The van der Waals surface area contributed by atoms with Crippen molar-refractivity contribution in [1.82, 2.24) is 15.1 Å². The first-order valence-electron chi connectivity index (χ1n) is 7.77. The summed E-state index contributed by atoms with van der Waals surface area (Å²) in [5, 5.41) is 12.0. The van der Waals surface area contributed by atoms with Crippen molar-refractivity contribution >= 4 is 12.0 Å². The molecule has 0 aromatic carbocycles. The van der Waals surface area contributed by atoms with Crippen LogP contribution in [0.15, 0.2) is 0 Å². The van der Waals surface area contributed by atoms with Crippen LogP contribution in [0.5, 0.6) is 0 Å². The standard InChI is InChI=1S/C14H26N4O3/c1-10(13(19)20)17-6-8-18(9-7-17)14(21)16-12-5-3-2-4-11(12)15/h10-12H,2-9,15H2,1H3,(H,16,21)(H,19,20). The molecule has 21 heavy (non-hydrogen) atoms. The number of hydrogen-bond acceptors (Lipinski definition) is 4. The largest absolute Gasteiger partial charge is 0.480 e. The molecular weight excluding hydrogens is 272 g/mol. The molecular formula is C14H26N4O3. The van der Waals surface area contributed by atoms with Crippen molar-refractivity contribution in [3.8, 4) is 0 Å². The van der Waals surface area contributed by atoms with E-state index in [-0.39, 0.29) is 18.1 Å². The lowest BCUT2D eigenvalue weighted by atomic mass is 9.91. The van der Waals surface area contributed by atoms with Gasteiger partial charge in [0.1, 0.15) is 6.04 Å². The average Bonchev–Trinajstić information content (AvgIpc) is 2.49. The van der Waals surface area contributed by atoms with Crippen molar-refractivity contribution in [2.45, 2.75) is 50.7 Å². The number of nitrogens with one attached hydrogen (secondary N) is 1. The molecule has 1 aliphatic heterocycles. The van der Waals surface area contributed by atoms with Crippen molar-refractivity contribution in [3.05, 3.63) is 0 Å². The average molecular weight is 298 g/mol. The Bertz CT molecular complexity index is 382. The highest BCUT2D eigenvalue weighted by Crippen LogP contribution is 2.17. The van der Waals surface area contributed by atoms with E-state index in [9.17, 15) is 9.59 Å². The van der Waals surface area contributed by atoms with Crippen LogP contribution in [-0.2, 0) is 4.79 Å². The molecule has 0 spiro atoms. The molecule has 2 aliphatic rings. The number of carbonyl (C=O) groups is 2. The van der Waals surface area contributed by atoms with Gasteiger partial charge < -0.3 is 21.1 Å². The highest BCUT2D eigenvalue weighted by Gasteiger charge is 2.29. The van der Waals surface area contributed by atoms with Crippen LogP contribution in [0, 0.1) is 0 Å². The van der Waals surface area contributed by atoms with Crippen molar-refractivity contribution in [1.29, 1.82) is 0 Å². The molecule has 1 heterocycles. The normalized spacial score (nSPS) is 29.0. The van der Waals surface area contributed by atoms with Gasteiger partial charge in [0, 0.05) is 38.3 Å². The number of aliphatic carboxylic acids is 1. The van der Waals surface area contributed by atoms with Gasteiger partial charge in [-0.2, -0.15) is 0 Å². The zero-order chi connectivity index (χ0) is 15.4. The molecule has 7 nitrogen and oxygen atoms in total. The molecule has 1 aliphatic carbocycles. The second-order valence-electron chi connectivity index (χ2n) is 6.04. The third-order valence-corrected chi connectivity index (χ3v) is 4.63. The van der Waals surface area contributed by atoms with E-state index >= 15 is 0 Å². The lowest BCUT2D eigenvalue weighted by Gasteiger charge is -2.38. The number of carboxylic acids is 1. The van der Waals surface area contributed by atoms with Crippen molar-refractivity contribution in [3.63, 3.8) is 0 Å². The Labute approximate surface area is 125 Å². The fraction of sp³-hybridized carbons (Fsp3) is 0.857. The lowest BCUT2D eigenvalue weighted by molar-refractivity contribution is -0.143. The molecule has 0 bridgehead atoms. The zero-order valence-corrected chi connectivity index (χ0v) is 12.6. The first kappa shape index (κ1) is 16.0. The molecule has 0 aromatic rings. The van der Waals surface area contributed by atoms with E-state index in [0.717, 1.165) is 25.7 Å². The summed E-state index contributed by atoms with van der Waals surface area (Å²) in [6, 6.07) is -0.444. The molecule has 3 atom stereocenters.